The third kappa shape index (κ3) is 3.32. The predicted molar refractivity (Wildman–Crippen MR) is 71.3 cm³/mol. The second kappa shape index (κ2) is 5.68. The van der Waals surface area contributed by atoms with Crippen molar-refractivity contribution < 1.29 is 4.79 Å². The lowest BCUT2D eigenvalue weighted by Gasteiger charge is -2.20. The summed E-state index contributed by atoms with van der Waals surface area (Å²) in [5.74, 6) is 1.15. The van der Waals surface area contributed by atoms with E-state index in [-0.39, 0.29) is 5.92 Å². The lowest BCUT2D eigenvalue weighted by Crippen LogP contribution is -2.22. The van der Waals surface area contributed by atoms with Gasteiger partial charge in [0.05, 0.1) is 0 Å². The summed E-state index contributed by atoms with van der Waals surface area (Å²) in [5.41, 5.74) is 1.22. The number of benzene rings is 1. The van der Waals surface area contributed by atoms with Crippen molar-refractivity contribution in [3.8, 4) is 0 Å². The van der Waals surface area contributed by atoms with Crippen LogP contribution in [0.4, 0.5) is 0 Å². The van der Waals surface area contributed by atoms with E-state index < -0.39 is 0 Å². The molecule has 1 aromatic carbocycles. The first-order chi connectivity index (χ1) is 8.16. The molecule has 1 nitrogen and oxygen atoms in total. The van der Waals surface area contributed by atoms with Crippen LogP contribution in [0.2, 0.25) is 5.02 Å². The van der Waals surface area contributed by atoms with Gasteiger partial charge in [0.15, 0.2) is 0 Å². The quantitative estimate of drug-likeness (QED) is 0.780. The van der Waals surface area contributed by atoms with Gasteiger partial charge in [-0.05, 0) is 49.8 Å². The molecule has 0 aliphatic heterocycles. The van der Waals surface area contributed by atoms with Crippen molar-refractivity contribution in [2.45, 2.75) is 39.0 Å². The van der Waals surface area contributed by atoms with Crippen LogP contribution in [0.1, 0.15) is 38.2 Å². The van der Waals surface area contributed by atoms with Crippen LogP contribution in [0.3, 0.4) is 0 Å². The topological polar surface area (TPSA) is 17.1 Å². The molecule has 2 rings (SSSR count). The Labute approximate surface area is 108 Å². The van der Waals surface area contributed by atoms with E-state index in [0.29, 0.717) is 11.7 Å². The smallest absolute Gasteiger partial charge is 0.133 e. The lowest BCUT2D eigenvalue weighted by molar-refractivity contribution is -0.122. The second-order valence-electron chi connectivity index (χ2n) is 5.09. The zero-order valence-electron chi connectivity index (χ0n) is 10.3. The van der Waals surface area contributed by atoms with Crippen molar-refractivity contribution in [3.05, 3.63) is 34.9 Å². The summed E-state index contributed by atoms with van der Waals surface area (Å²) >= 11 is 5.87. The number of hydrogen-bond acceptors (Lipinski definition) is 1. The molecule has 92 valence electrons. The molecule has 0 heterocycles. The minimum absolute atomic E-state index is 0.207. The molecule has 1 fully saturated rings. The number of halogens is 1. The SMILES string of the molecule is CC(=O)C(Cc1ccc(Cl)cc1)C1CCCC1. The van der Waals surface area contributed by atoms with Gasteiger partial charge in [-0.1, -0.05) is 36.6 Å². The van der Waals surface area contributed by atoms with E-state index in [1.165, 1.54) is 31.2 Å². The minimum atomic E-state index is 0.207. The van der Waals surface area contributed by atoms with E-state index in [1.807, 2.05) is 24.3 Å². The summed E-state index contributed by atoms with van der Waals surface area (Å²) in [7, 11) is 0. The molecule has 2 heteroatoms. The van der Waals surface area contributed by atoms with Crippen LogP contribution >= 0.6 is 11.6 Å². The average molecular weight is 251 g/mol. The van der Waals surface area contributed by atoms with Crippen LogP contribution < -0.4 is 0 Å². The number of ketones is 1. The normalized spacial score (nSPS) is 18.2. The van der Waals surface area contributed by atoms with Gasteiger partial charge in [0, 0.05) is 10.9 Å². The Bertz CT molecular complexity index is 376. The molecule has 1 aliphatic rings. The minimum Gasteiger partial charge on any atom is -0.300 e. The molecule has 1 aromatic rings. The predicted octanol–water partition coefficient (Wildman–Crippen LogP) is 4.28. The van der Waals surface area contributed by atoms with Crippen LogP contribution in [-0.4, -0.2) is 5.78 Å². The van der Waals surface area contributed by atoms with Gasteiger partial charge < -0.3 is 0 Å². The summed E-state index contributed by atoms with van der Waals surface area (Å²) in [6, 6.07) is 7.88. The molecule has 1 atom stereocenters. The Morgan fingerprint density at radius 1 is 1.29 bits per heavy atom. The molecule has 0 radical (unpaired) electrons. The summed E-state index contributed by atoms with van der Waals surface area (Å²) in [6.45, 7) is 1.74. The molecule has 1 saturated carbocycles. The third-order valence-electron chi connectivity index (χ3n) is 3.86. The van der Waals surface area contributed by atoms with Crippen molar-refractivity contribution in [1.29, 1.82) is 0 Å². The number of Topliss-reactive ketones (excluding diaryl/α,β-unsaturated/α-hetero) is 1. The van der Waals surface area contributed by atoms with Gasteiger partial charge in [0.2, 0.25) is 0 Å². The van der Waals surface area contributed by atoms with Crippen LogP contribution in [0.15, 0.2) is 24.3 Å². The molecule has 0 bridgehead atoms. The molecule has 1 unspecified atom stereocenters. The molecule has 0 amide bonds. The number of hydrogen-bond donors (Lipinski definition) is 0. The van der Waals surface area contributed by atoms with Crippen LogP contribution in [0.5, 0.6) is 0 Å². The highest BCUT2D eigenvalue weighted by Crippen LogP contribution is 2.33. The summed E-state index contributed by atoms with van der Waals surface area (Å²) < 4.78 is 0. The van der Waals surface area contributed by atoms with Crippen molar-refractivity contribution >= 4 is 17.4 Å². The summed E-state index contributed by atoms with van der Waals surface area (Å²) in [4.78, 5) is 11.8. The second-order valence-corrected chi connectivity index (χ2v) is 5.53. The number of carbonyl (C=O) groups is 1. The number of carbonyl (C=O) groups excluding carboxylic acids is 1. The molecule has 1 aliphatic carbocycles. The summed E-state index contributed by atoms with van der Waals surface area (Å²) in [5, 5.41) is 0.758. The highest BCUT2D eigenvalue weighted by atomic mass is 35.5. The molecule has 0 saturated heterocycles. The lowest BCUT2D eigenvalue weighted by atomic mass is 9.83. The van der Waals surface area contributed by atoms with Crippen LogP contribution in [0.25, 0.3) is 0 Å². The largest absolute Gasteiger partial charge is 0.300 e. The summed E-state index contributed by atoms with van der Waals surface area (Å²) in [6.07, 6.45) is 5.89. The van der Waals surface area contributed by atoms with Gasteiger partial charge in [-0.25, -0.2) is 0 Å². The molecular weight excluding hydrogens is 232 g/mol. The number of rotatable bonds is 4. The average Bonchev–Trinajstić information content (AvgIpc) is 2.81. The molecule has 0 aromatic heterocycles. The maximum absolute atomic E-state index is 11.8. The third-order valence-corrected chi connectivity index (χ3v) is 4.11. The fraction of sp³-hybridized carbons (Fsp3) is 0.533. The maximum Gasteiger partial charge on any atom is 0.133 e. The monoisotopic (exact) mass is 250 g/mol. The van der Waals surface area contributed by atoms with Gasteiger partial charge in [-0.3, -0.25) is 4.79 Å². The highest BCUT2D eigenvalue weighted by molar-refractivity contribution is 6.30. The fourth-order valence-electron chi connectivity index (χ4n) is 2.88. The Kier molecular flexibility index (Phi) is 4.22. The van der Waals surface area contributed by atoms with E-state index in [0.717, 1.165) is 11.4 Å². The molecule has 17 heavy (non-hydrogen) atoms. The molecular formula is C15H19ClO. The van der Waals surface area contributed by atoms with Gasteiger partial charge in [-0.15, -0.1) is 0 Å². The van der Waals surface area contributed by atoms with E-state index in [9.17, 15) is 4.79 Å². The van der Waals surface area contributed by atoms with Crippen molar-refractivity contribution in [2.24, 2.45) is 11.8 Å². The van der Waals surface area contributed by atoms with E-state index in [1.54, 1.807) is 6.92 Å². The standard InChI is InChI=1S/C15H19ClO/c1-11(17)15(13-4-2-3-5-13)10-12-6-8-14(16)9-7-12/h6-9,13,15H,2-5,10H2,1H3. The van der Waals surface area contributed by atoms with E-state index in [4.69, 9.17) is 11.6 Å². The van der Waals surface area contributed by atoms with Gasteiger partial charge in [0.1, 0.15) is 5.78 Å². The Balaban J connectivity index is 2.06. The van der Waals surface area contributed by atoms with Crippen molar-refractivity contribution in [1.82, 2.24) is 0 Å². The highest BCUT2D eigenvalue weighted by Gasteiger charge is 2.28. The van der Waals surface area contributed by atoms with E-state index in [2.05, 4.69) is 0 Å². The first kappa shape index (κ1) is 12.6. The van der Waals surface area contributed by atoms with Gasteiger partial charge in [-0.2, -0.15) is 0 Å². The maximum atomic E-state index is 11.8. The van der Waals surface area contributed by atoms with Gasteiger partial charge >= 0.3 is 0 Å². The zero-order valence-corrected chi connectivity index (χ0v) is 11.0. The van der Waals surface area contributed by atoms with Gasteiger partial charge in [0.25, 0.3) is 0 Å². The van der Waals surface area contributed by atoms with Crippen LogP contribution in [0, 0.1) is 11.8 Å². The Morgan fingerprint density at radius 2 is 1.88 bits per heavy atom. The Morgan fingerprint density at radius 3 is 2.41 bits per heavy atom. The first-order valence-corrected chi connectivity index (χ1v) is 6.79. The van der Waals surface area contributed by atoms with Crippen molar-refractivity contribution in [2.75, 3.05) is 0 Å². The first-order valence-electron chi connectivity index (χ1n) is 6.41. The fourth-order valence-corrected chi connectivity index (χ4v) is 3.00. The van der Waals surface area contributed by atoms with Crippen molar-refractivity contribution in [3.63, 3.8) is 0 Å². The molecule has 0 spiro atoms. The zero-order chi connectivity index (χ0) is 12.3. The molecule has 0 N–H and O–H groups in total. The van der Waals surface area contributed by atoms with E-state index >= 15 is 0 Å². The Hall–Kier alpha value is -0.820. The van der Waals surface area contributed by atoms with Crippen LogP contribution in [-0.2, 0) is 11.2 Å².